The highest BCUT2D eigenvalue weighted by molar-refractivity contribution is 5.59. The predicted molar refractivity (Wildman–Crippen MR) is 65.8 cm³/mol. The molecule has 0 atom stereocenters. The summed E-state index contributed by atoms with van der Waals surface area (Å²) in [4.78, 5) is 0. The van der Waals surface area contributed by atoms with Crippen molar-refractivity contribution < 1.29 is 4.74 Å². The molecule has 0 aliphatic rings. The van der Waals surface area contributed by atoms with E-state index >= 15 is 0 Å². The highest BCUT2D eigenvalue weighted by Crippen LogP contribution is 2.27. The van der Waals surface area contributed by atoms with E-state index in [9.17, 15) is 0 Å². The van der Waals surface area contributed by atoms with Crippen LogP contribution in [-0.2, 0) is 0 Å². The molecule has 0 spiro atoms. The fourth-order valence-electron chi connectivity index (χ4n) is 1.49. The highest BCUT2D eigenvalue weighted by Gasteiger charge is 2.04. The zero-order valence-electron chi connectivity index (χ0n) is 10.1. The molecule has 0 heterocycles. The Kier molecular flexibility index (Phi) is 4.65. The Morgan fingerprint density at radius 2 is 2.00 bits per heavy atom. The van der Waals surface area contributed by atoms with E-state index in [1.165, 1.54) is 11.1 Å². The van der Waals surface area contributed by atoms with Crippen molar-refractivity contribution in [1.82, 2.24) is 0 Å². The van der Waals surface area contributed by atoms with Crippen LogP contribution in [0.4, 0.5) is 5.69 Å². The molecule has 3 heteroatoms. The molecule has 0 amide bonds. The Hall–Kier alpha value is -1.69. The molecule has 0 saturated heterocycles. The molecule has 1 aromatic rings. The first kappa shape index (κ1) is 12.4. The van der Waals surface area contributed by atoms with Crippen molar-refractivity contribution in [2.75, 3.05) is 19.0 Å². The van der Waals surface area contributed by atoms with Gasteiger partial charge in [0.2, 0.25) is 0 Å². The number of anilines is 1. The fraction of sp³-hybridized carbons (Fsp3) is 0.462. The van der Waals surface area contributed by atoms with Crippen molar-refractivity contribution in [3.63, 3.8) is 0 Å². The van der Waals surface area contributed by atoms with Gasteiger partial charge in [0.25, 0.3) is 0 Å². The summed E-state index contributed by atoms with van der Waals surface area (Å²) in [6.07, 6.45) is 1.44. The summed E-state index contributed by atoms with van der Waals surface area (Å²) in [7, 11) is 1.67. The second-order valence-electron chi connectivity index (χ2n) is 3.83. The molecule has 3 nitrogen and oxygen atoms in total. The molecule has 0 aliphatic carbocycles. The minimum Gasteiger partial charge on any atom is -0.495 e. The van der Waals surface area contributed by atoms with Gasteiger partial charge in [-0.1, -0.05) is 0 Å². The predicted octanol–water partition coefficient (Wildman–Crippen LogP) is 3.03. The monoisotopic (exact) mass is 218 g/mol. The summed E-state index contributed by atoms with van der Waals surface area (Å²) in [6, 6.07) is 6.25. The van der Waals surface area contributed by atoms with Crippen LogP contribution >= 0.6 is 0 Å². The summed E-state index contributed by atoms with van der Waals surface area (Å²) in [5.74, 6) is 0.861. The third-order valence-electron chi connectivity index (χ3n) is 2.60. The van der Waals surface area contributed by atoms with E-state index in [4.69, 9.17) is 10.00 Å². The van der Waals surface area contributed by atoms with E-state index in [2.05, 4.69) is 31.3 Å². The number of benzene rings is 1. The van der Waals surface area contributed by atoms with E-state index in [0.29, 0.717) is 6.42 Å². The number of unbranched alkanes of at least 4 members (excludes halogenated alkanes) is 1. The molecule has 0 fully saturated rings. The quantitative estimate of drug-likeness (QED) is 0.773. The summed E-state index contributed by atoms with van der Waals surface area (Å²) in [5.41, 5.74) is 3.46. The molecule has 86 valence electrons. The van der Waals surface area contributed by atoms with Crippen LogP contribution < -0.4 is 10.1 Å². The van der Waals surface area contributed by atoms with Gasteiger partial charge in [-0.25, -0.2) is 0 Å². The van der Waals surface area contributed by atoms with Gasteiger partial charge in [-0.05, 0) is 43.5 Å². The zero-order chi connectivity index (χ0) is 12.0. The van der Waals surface area contributed by atoms with Gasteiger partial charge in [0.05, 0.1) is 18.9 Å². The third-order valence-corrected chi connectivity index (χ3v) is 2.60. The van der Waals surface area contributed by atoms with Crippen LogP contribution in [0, 0.1) is 25.2 Å². The van der Waals surface area contributed by atoms with Gasteiger partial charge < -0.3 is 10.1 Å². The van der Waals surface area contributed by atoms with Crippen molar-refractivity contribution in [3.8, 4) is 11.8 Å². The SMILES string of the molecule is COc1cc(C)c(C)cc1NCCCC#N. The average Bonchev–Trinajstić information content (AvgIpc) is 2.28. The number of nitrogens with one attached hydrogen (secondary N) is 1. The van der Waals surface area contributed by atoms with E-state index in [-0.39, 0.29) is 0 Å². The number of ether oxygens (including phenoxy) is 1. The van der Waals surface area contributed by atoms with Gasteiger partial charge in [0, 0.05) is 13.0 Å². The third kappa shape index (κ3) is 3.16. The number of methoxy groups -OCH3 is 1. The standard InChI is InChI=1S/C13H18N2O/c1-10-8-12(15-7-5-4-6-14)13(16-3)9-11(10)2/h8-9,15H,4-5,7H2,1-3H3. The maximum Gasteiger partial charge on any atom is 0.142 e. The highest BCUT2D eigenvalue weighted by atomic mass is 16.5. The summed E-state index contributed by atoms with van der Waals surface area (Å²) >= 11 is 0. The molecular formula is C13H18N2O. The second-order valence-corrected chi connectivity index (χ2v) is 3.83. The van der Waals surface area contributed by atoms with Crippen molar-refractivity contribution in [2.45, 2.75) is 26.7 Å². The van der Waals surface area contributed by atoms with Crippen LogP contribution in [0.5, 0.6) is 5.75 Å². The van der Waals surface area contributed by atoms with Gasteiger partial charge in [0.1, 0.15) is 5.75 Å². The minimum absolute atomic E-state index is 0.583. The van der Waals surface area contributed by atoms with Crippen molar-refractivity contribution in [1.29, 1.82) is 5.26 Å². The largest absolute Gasteiger partial charge is 0.495 e. The average molecular weight is 218 g/mol. The normalized spacial score (nSPS) is 9.62. The van der Waals surface area contributed by atoms with E-state index in [1.807, 2.05) is 6.07 Å². The van der Waals surface area contributed by atoms with Crippen molar-refractivity contribution >= 4 is 5.69 Å². The molecule has 0 bridgehead atoms. The summed E-state index contributed by atoms with van der Waals surface area (Å²) in [6.45, 7) is 4.94. The molecular weight excluding hydrogens is 200 g/mol. The number of hydrogen-bond donors (Lipinski definition) is 1. The first-order valence-corrected chi connectivity index (χ1v) is 5.45. The number of nitriles is 1. The lowest BCUT2D eigenvalue weighted by Gasteiger charge is -2.13. The molecule has 1 rings (SSSR count). The topological polar surface area (TPSA) is 45.0 Å². The van der Waals surface area contributed by atoms with Crippen molar-refractivity contribution in [2.24, 2.45) is 0 Å². The lowest BCUT2D eigenvalue weighted by molar-refractivity contribution is 0.416. The molecule has 16 heavy (non-hydrogen) atoms. The lowest BCUT2D eigenvalue weighted by atomic mass is 10.1. The van der Waals surface area contributed by atoms with E-state index < -0.39 is 0 Å². The van der Waals surface area contributed by atoms with Gasteiger partial charge in [-0.2, -0.15) is 5.26 Å². The zero-order valence-corrected chi connectivity index (χ0v) is 10.1. The Bertz CT molecular complexity index is 394. The van der Waals surface area contributed by atoms with Crippen molar-refractivity contribution in [3.05, 3.63) is 23.3 Å². The van der Waals surface area contributed by atoms with Gasteiger partial charge in [0.15, 0.2) is 0 Å². The van der Waals surface area contributed by atoms with Crippen LogP contribution in [0.15, 0.2) is 12.1 Å². The first-order chi connectivity index (χ1) is 7.69. The Morgan fingerprint density at radius 1 is 1.31 bits per heavy atom. The van der Waals surface area contributed by atoms with Crippen LogP contribution in [0.3, 0.4) is 0 Å². The first-order valence-electron chi connectivity index (χ1n) is 5.45. The molecule has 0 radical (unpaired) electrons. The number of rotatable bonds is 5. The summed E-state index contributed by atoms with van der Waals surface area (Å²) < 4.78 is 5.31. The second kappa shape index (κ2) is 6.02. The molecule has 0 aromatic heterocycles. The van der Waals surface area contributed by atoms with Crippen LogP contribution in [-0.4, -0.2) is 13.7 Å². The van der Waals surface area contributed by atoms with Gasteiger partial charge >= 0.3 is 0 Å². The fourth-order valence-corrected chi connectivity index (χ4v) is 1.49. The number of nitrogens with zero attached hydrogens (tertiary/aromatic N) is 1. The molecule has 0 unspecified atom stereocenters. The van der Waals surface area contributed by atoms with Gasteiger partial charge in [-0.3, -0.25) is 0 Å². The maximum atomic E-state index is 8.44. The molecule has 0 saturated carbocycles. The Balaban J connectivity index is 2.71. The number of aryl methyl sites for hydroxylation is 2. The van der Waals surface area contributed by atoms with Gasteiger partial charge in [-0.15, -0.1) is 0 Å². The van der Waals surface area contributed by atoms with Crippen LogP contribution in [0.2, 0.25) is 0 Å². The molecule has 1 N–H and O–H groups in total. The minimum atomic E-state index is 0.583. The Labute approximate surface area is 97.0 Å². The van der Waals surface area contributed by atoms with Crippen LogP contribution in [0.1, 0.15) is 24.0 Å². The van der Waals surface area contributed by atoms with E-state index in [1.54, 1.807) is 7.11 Å². The van der Waals surface area contributed by atoms with E-state index in [0.717, 1.165) is 24.4 Å². The van der Waals surface area contributed by atoms with Crippen LogP contribution in [0.25, 0.3) is 0 Å². The molecule has 1 aromatic carbocycles. The lowest BCUT2D eigenvalue weighted by Crippen LogP contribution is -2.03. The smallest absolute Gasteiger partial charge is 0.142 e. The molecule has 0 aliphatic heterocycles. The maximum absolute atomic E-state index is 8.44. The summed E-state index contributed by atoms with van der Waals surface area (Å²) in [5, 5.41) is 11.7. The Morgan fingerprint density at radius 3 is 2.62 bits per heavy atom. The number of hydrogen-bond acceptors (Lipinski definition) is 3.